The second-order valence-electron chi connectivity index (χ2n) is 3.71. The Kier molecular flexibility index (Phi) is 7.05. The Hall–Kier alpha value is -0.0900. The van der Waals surface area contributed by atoms with Gasteiger partial charge in [-0.15, -0.1) is 11.3 Å². The van der Waals surface area contributed by atoms with Crippen molar-refractivity contribution in [2.75, 3.05) is 19.8 Å². The van der Waals surface area contributed by atoms with E-state index >= 15 is 0 Å². The number of hydrogen-bond acceptors (Lipinski definition) is 3. The zero-order chi connectivity index (χ0) is 11.8. The monoisotopic (exact) mass is 261 g/mol. The summed E-state index contributed by atoms with van der Waals surface area (Å²) in [5.74, 6) is 0. The van der Waals surface area contributed by atoms with E-state index in [9.17, 15) is 0 Å². The van der Waals surface area contributed by atoms with Crippen molar-refractivity contribution in [2.24, 2.45) is 0 Å². The third-order valence-electron chi connectivity index (χ3n) is 2.23. The van der Waals surface area contributed by atoms with E-state index in [2.05, 4.69) is 19.2 Å². The molecule has 0 aliphatic carbocycles. The maximum atomic E-state index is 6.14. The number of thiophene rings is 1. The van der Waals surface area contributed by atoms with E-state index < -0.39 is 0 Å². The van der Waals surface area contributed by atoms with E-state index in [0.717, 1.165) is 31.0 Å². The number of ether oxygens (including phenoxy) is 1. The van der Waals surface area contributed by atoms with Crippen molar-refractivity contribution in [1.82, 2.24) is 5.32 Å². The highest BCUT2D eigenvalue weighted by atomic mass is 35.5. The highest BCUT2D eigenvalue weighted by Gasteiger charge is 2.15. The van der Waals surface area contributed by atoms with Crippen LogP contribution in [0.3, 0.4) is 0 Å². The lowest BCUT2D eigenvalue weighted by molar-refractivity contribution is 0.113. The Labute approximate surface area is 107 Å². The van der Waals surface area contributed by atoms with Crippen LogP contribution in [0.5, 0.6) is 0 Å². The molecular formula is C12H20ClNOS. The Balaban J connectivity index is 2.53. The topological polar surface area (TPSA) is 21.3 Å². The van der Waals surface area contributed by atoms with Gasteiger partial charge < -0.3 is 10.1 Å². The van der Waals surface area contributed by atoms with Gasteiger partial charge in [0.15, 0.2) is 0 Å². The number of halogens is 1. The standard InChI is InChI=1S/C12H20ClNOS/c1-3-6-14-11(9-15-7-4-2)12-10(13)5-8-16-12/h5,8,11,14H,3-4,6-7,9H2,1-2H3. The van der Waals surface area contributed by atoms with Gasteiger partial charge in [0.1, 0.15) is 0 Å². The molecule has 0 amide bonds. The summed E-state index contributed by atoms with van der Waals surface area (Å²) in [5.41, 5.74) is 0. The Morgan fingerprint density at radius 3 is 2.81 bits per heavy atom. The summed E-state index contributed by atoms with van der Waals surface area (Å²) in [5, 5.41) is 6.34. The van der Waals surface area contributed by atoms with Crippen LogP contribution in [0, 0.1) is 0 Å². The fourth-order valence-electron chi connectivity index (χ4n) is 1.45. The fraction of sp³-hybridized carbons (Fsp3) is 0.667. The molecule has 16 heavy (non-hydrogen) atoms. The lowest BCUT2D eigenvalue weighted by Crippen LogP contribution is -2.26. The van der Waals surface area contributed by atoms with E-state index in [4.69, 9.17) is 16.3 Å². The minimum Gasteiger partial charge on any atom is -0.379 e. The second kappa shape index (κ2) is 8.07. The second-order valence-corrected chi connectivity index (χ2v) is 5.07. The fourth-order valence-corrected chi connectivity index (χ4v) is 2.70. The summed E-state index contributed by atoms with van der Waals surface area (Å²) in [6.07, 6.45) is 2.17. The molecule has 1 heterocycles. The molecule has 0 fully saturated rings. The van der Waals surface area contributed by atoms with Gasteiger partial charge in [-0.05, 0) is 30.8 Å². The maximum Gasteiger partial charge on any atom is 0.0670 e. The van der Waals surface area contributed by atoms with Gasteiger partial charge in [0.2, 0.25) is 0 Å². The summed E-state index contributed by atoms with van der Waals surface area (Å²) < 4.78 is 5.61. The largest absolute Gasteiger partial charge is 0.379 e. The summed E-state index contributed by atoms with van der Waals surface area (Å²) in [6.45, 7) is 6.79. The van der Waals surface area contributed by atoms with Crippen molar-refractivity contribution in [1.29, 1.82) is 0 Å². The molecule has 1 aromatic heterocycles. The van der Waals surface area contributed by atoms with Crippen LogP contribution in [0.25, 0.3) is 0 Å². The minimum atomic E-state index is 0.235. The average Bonchev–Trinajstić information content (AvgIpc) is 2.70. The molecule has 1 atom stereocenters. The zero-order valence-electron chi connectivity index (χ0n) is 9.96. The van der Waals surface area contributed by atoms with E-state index in [0.29, 0.717) is 6.61 Å². The van der Waals surface area contributed by atoms with Crippen molar-refractivity contribution >= 4 is 22.9 Å². The van der Waals surface area contributed by atoms with E-state index in [1.807, 2.05) is 11.4 Å². The van der Waals surface area contributed by atoms with Gasteiger partial charge in [-0.25, -0.2) is 0 Å². The third kappa shape index (κ3) is 4.42. The van der Waals surface area contributed by atoms with Crippen molar-refractivity contribution in [2.45, 2.75) is 32.7 Å². The van der Waals surface area contributed by atoms with Crippen LogP contribution in [-0.4, -0.2) is 19.8 Å². The van der Waals surface area contributed by atoms with Crippen LogP contribution in [0.2, 0.25) is 5.02 Å². The molecule has 92 valence electrons. The summed E-state index contributed by atoms with van der Waals surface area (Å²) >= 11 is 7.83. The molecule has 1 unspecified atom stereocenters. The molecule has 2 nitrogen and oxygen atoms in total. The first-order chi connectivity index (χ1) is 7.79. The number of rotatable bonds is 8. The summed E-state index contributed by atoms with van der Waals surface area (Å²) in [4.78, 5) is 1.19. The van der Waals surface area contributed by atoms with Gasteiger partial charge in [0, 0.05) is 11.5 Å². The van der Waals surface area contributed by atoms with Crippen LogP contribution in [0.1, 0.15) is 37.6 Å². The highest BCUT2D eigenvalue weighted by molar-refractivity contribution is 7.10. The molecular weight excluding hydrogens is 242 g/mol. The molecule has 0 saturated heterocycles. The molecule has 0 radical (unpaired) electrons. The van der Waals surface area contributed by atoms with E-state index in [-0.39, 0.29) is 6.04 Å². The van der Waals surface area contributed by atoms with Gasteiger partial charge in [0.05, 0.1) is 17.7 Å². The molecule has 0 saturated carbocycles. The van der Waals surface area contributed by atoms with E-state index in [1.165, 1.54) is 4.88 Å². The SMILES string of the molecule is CCCNC(COCCC)c1sccc1Cl. The van der Waals surface area contributed by atoms with Crippen LogP contribution in [-0.2, 0) is 4.74 Å². The smallest absolute Gasteiger partial charge is 0.0670 e. The van der Waals surface area contributed by atoms with E-state index in [1.54, 1.807) is 11.3 Å². The Morgan fingerprint density at radius 2 is 2.25 bits per heavy atom. The third-order valence-corrected chi connectivity index (χ3v) is 3.71. The van der Waals surface area contributed by atoms with Crippen molar-refractivity contribution < 1.29 is 4.74 Å². The molecule has 0 bridgehead atoms. The number of hydrogen-bond donors (Lipinski definition) is 1. The first-order valence-corrected chi connectivity index (χ1v) is 7.09. The minimum absolute atomic E-state index is 0.235. The van der Waals surface area contributed by atoms with Gasteiger partial charge in [-0.1, -0.05) is 25.4 Å². The quantitative estimate of drug-likeness (QED) is 0.718. The molecule has 1 aromatic rings. The normalized spacial score (nSPS) is 12.9. The van der Waals surface area contributed by atoms with Crippen LogP contribution in [0.4, 0.5) is 0 Å². The van der Waals surface area contributed by atoms with Crippen molar-refractivity contribution in [3.8, 4) is 0 Å². The van der Waals surface area contributed by atoms with Crippen molar-refractivity contribution in [3.05, 3.63) is 21.3 Å². The lowest BCUT2D eigenvalue weighted by atomic mass is 10.2. The van der Waals surface area contributed by atoms with Gasteiger partial charge in [0.25, 0.3) is 0 Å². The van der Waals surface area contributed by atoms with Gasteiger partial charge >= 0.3 is 0 Å². The molecule has 1 rings (SSSR count). The summed E-state index contributed by atoms with van der Waals surface area (Å²) in [7, 11) is 0. The number of nitrogens with one attached hydrogen (secondary N) is 1. The Bertz CT molecular complexity index is 290. The molecule has 0 aliphatic heterocycles. The molecule has 4 heteroatoms. The van der Waals surface area contributed by atoms with Crippen LogP contribution < -0.4 is 5.32 Å². The zero-order valence-corrected chi connectivity index (χ0v) is 11.5. The molecule has 1 N–H and O–H groups in total. The summed E-state index contributed by atoms with van der Waals surface area (Å²) in [6, 6.07) is 2.18. The van der Waals surface area contributed by atoms with Crippen LogP contribution in [0.15, 0.2) is 11.4 Å². The van der Waals surface area contributed by atoms with Gasteiger partial charge in [-0.3, -0.25) is 0 Å². The predicted molar refractivity (Wildman–Crippen MR) is 71.5 cm³/mol. The Morgan fingerprint density at radius 1 is 1.44 bits per heavy atom. The maximum absolute atomic E-state index is 6.14. The highest BCUT2D eigenvalue weighted by Crippen LogP contribution is 2.28. The average molecular weight is 262 g/mol. The first kappa shape index (κ1) is 14.0. The predicted octanol–water partition coefficient (Wildman–Crippen LogP) is 3.87. The van der Waals surface area contributed by atoms with Crippen molar-refractivity contribution in [3.63, 3.8) is 0 Å². The molecule has 0 aliphatic rings. The molecule has 0 spiro atoms. The molecule has 0 aromatic carbocycles. The van der Waals surface area contributed by atoms with Gasteiger partial charge in [-0.2, -0.15) is 0 Å². The first-order valence-electron chi connectivity index (χ1n) is 5.83. The lowest BCUT2D eigenvalue weighted by Gasteiger charge is -2.17. The van der Waals surface area contributed by atoms with Crippen LogP contribution >= 0.6 is 22.9 Å².